The first kappa shape index (κ1) is 24.1. The molecule has 0 aliphatic heterocycles. The van der Waals surface area contributed by atoms with E-state index in [-0.39, 0.29) is 16.7 Å². The molecule has 0 aromatic heterocycles. The van der Waals surface area contributed by atoms with Crippen molar-refractivity contribution in [3.05, 3.63) is 35.9 Å². The maximum atomic E-state index is 11.4. The molecule has 4 nitrogen and oxygen atoms in total. The molecule has 0 bridgehead atoms. The van der Waals surface area contributed by atoms with Gasteiger partial charge in [0, 0.05) is 18.8 Å². The molecule has 1 aromatic carbocycles. The van der Waals surface area contributed by atoms with Crippen LogP contribution < -0.4 is 9.47 Å². The SMILES string of the molecule is COc1ccc(OCC[C@](C)(O)C[C@H](O)[C@H]2C(C)=CC[C@H]3C(C)(C)CCC[C@]23C)cc1. The van der Waals surface area contributed by atoms with Crippen molar-refractivity contribution in [1.82, 2.24) is 0 Å². The van der Waals surface area contributed by atoms with E-state index in [9.17, 15) is 10.2 Å². The van der Waals surface area contributed by atoms with Gasteiger partial charge >= 0.3 is 0 Å². The van der Waals surface area contributed by atoms with Gasteiger partial charge in [-0.25, -0.2) is 0 Å². The predicted octanol–water partition coefficient (Wildman–Crippen LogP) is 5.76. The molecule has 1 fully saturated rings. The van der Waals surface area contributed by atoms with Crippen LogP contribution in [0.1, 0.15) is 73.1 Å². The number of fused-ring (bicyclic) bond motifs is 1. The van der Waals surface area contributed by atoms with Gasteiger partial charge in [-0.05, 0) is 74.1 Å². The number of ether oxygens (including phenoxy) is 2. The summed E-state index contributed by atoms with van der Waals surface area (Å²) in [5.41, 5.74) is 0.668. The topological polar surface area (TPSA) is 58.9 Å². The van der Waals surface area contributed by atoms with Gasteiger partial charge in [0.1, 0.15) is 11.5 Å². The van der Waals surface area contributed by atoms with Crippen LogP contribution in [0, 0.1) is 22.7 Å². The van der Waals surface area contributed by atoms with Gasteiger partial charge in [0.2, 0.25) is 0 Å². The third-order valence-corrected chi connectivity index (χ3v) is 8.15. The molecule has 5 atom stereocenters. The Kier molecular flexibility index (Phi) is 7.12. The van der Waals surface area contributed by atoms with Crippen molar-refractivity contribution in [2.24, 2.45) is 22.7 Å². The molecule has 1 saturated carbocycles. The average Bonchev–Trinajstić information content (AvgIpc) is 2.66. The van der Waals surface area contributed by atoms with Gasteiger partial charge in [-0.2, -0.15) is 0 Å². The number of rotatable bonds is 8. The van der Waals surface area contributed by atoms with Crippen molar-refractivity contribution in [2.45, 2.75) is 84.8 Å². The lowest BCUT2D eigenvalue weighted by Crippen LogP contribution is -2.52. The molecular formula is C27H42O4. The van der Waals surface area contributed by atoms with Crippen molar-refractivity contribution in [2.75, 3.05) is 13.7 Å². The summed E-state index contributed by atoms with van der Waals surface area (Å²) < 4.78 is 11.0. The van der Waals surface area contributed by atoms with Crippen LogP contribution in [0.15, 0.2) is 35.9 Å². The molecule has 0 heterocycles. The van der Waals surface area contributed by atoms with Crippen LogP contribution in [-0.2, 0) is 0 Å². The van der Waals surface area contributed by atoms with Crippen molar-refractivity contribution in [1.29, 1.82) is 0 Å². The third kappa shape index (κ3) is 5.28. The van der Waals surface area contributed by atoms with E-state index in [1.165, 1.54) is 18.4 Å². The molecule has 0 amide bonds. The summed E-state index contributed by atoms with van der Waals surface area (Å²) in [5.74, 6) is 2.21. The smallest absolute Gasteiger partial charge is 0.119 e. The highest BCUT2D eigenvalue weighted by atomic mass is 16.5. The van der Waals surface area contributed by atoms with Crippen LogP contribution in [0.5, 0.6) is 11.5 Å². The molecule has 0 unspecified atom stereocenters. The van der Waals surface area contributed by atoms with Crippen molar-refractivity contribution in [3.63, 3.8) is 0 Å². The van der Waals surface area contributed by atoms with Crippen LogP contribution in [0.3, 0.4) is 0 Å². The Labute approximate surface area is 188 Å². The van der Waals surface area contributed by atoms with Gasteiger partial charge in [0.05, 0.1) is 25.4 Å². The van der Waals surface area contributed by atoms with E-state index in [0.717, 1.165) is 24.3 Å². The van der Waals surface area contributed by atoms with E-state index in [1.807, 2.05) is 31.2 Å². The van der Waals surface area contributed by atoms with E-state index < -0.39 is 11.7 Å². The molecule has 0 saturated heterocycles. The molecule has 3 rings (SSSR count). The number of aliphatic hydroxyl groups is 2. The Morgan fingerprint density at radius 2 is 1.77 bits per heavy atom. The molecule has 4 heteroatoms. The Hall–Kier alpha value is -1.52. The van der Waals surface area contributed by atoms with Crippen LogP contribution in [0.25, 0.3) is 0 Å². The van der Waals surface area contributed by atoms with E-state index in [2.05, 4.69) is 33.8 Å². The lowest BCUT2D eigenvalue weighted by molar-refractivity contribution is -0.0964. The summed E-state index contributed by atoms with van der Waals surface area (Å²) in [5, 5.41) is 22.4. The quantitative estimate of drug-likeness (QED) is 0.514. The molecule has 174 valence electrons. The summed E-state index contributed by atoms with van der Waals surface area (Å²) in [6.45, 7) is 11.5. The molecule has 2 aliphatic carbocycles. The highest BCUT2D eigenvalue weighted by molar-refractivity contribution is 5.31. The van der Waals surface area contributed by atoms with Gasteiger partial charge in [0.25, 0.3) is 0 Å². The summed E-state index contributed by atoms with van der Waals surface area (Å²) in [6, 6.07) is 7.45. The van der Waals surface area contributed by atoms with E-state index in [1.54, 1.807) is 7.11 Å². The van der Waals surface area contributed by atoms with Gasteiger partial charge < -0.3 is 19.7 Å². The highest BCUT2D eigenvalue weighted by Gasteiger charge is 2.54. The molecule has 2 aliphatic rings. The Morgan fingerprint density at radius 3 is 2.42 bits per heavy atom. The predicted molar refractivity (Wildman–Crippen MR) is 125 cm³/mol. The third-order valence-electron chi connectivity index (χ3n) is 8.15. The van der Waals surface area contributed by atoms with Gasteiger partial charge in [-0.15, -0.1) is 0 Å². The zero-order valence-corrected chi connectivity index (χ0v) is 20.3. The first-order valence-corrected chi connectivity index (χ1v) is 11.8. The first-order chi connectivity index (χ1) is 14.5. The Balaban J connectivity index is 1.63. The minimum Gasteiger partial charge on any atom is -0.497 e. The minimum absolute atomic E-state index is 0.0790. The second kappa shape index (κ2) is 9.15. The number of benzene rings is 1. The molecule has 31 heavy (non-hydrogen) atoms. The minimum atomic E-state index is -0.986. The average molecular weight is 431 g/mol. The van der Waals surface area contributed by atoms with Crippen molar-refractivity contribution < 1.29 is 19.7 Å². The first-order valence-electron chi connectivity index (χ1n) is 11.8. The van der Waals surface area contributed by atoms with Crippen LogP contribution >= 0.6 is 0 Å². The van der Waals surface area contributed by atoms with Crippen LogP contribution in [0.4, 0.5) is 0 Å². The van der Waals surface area contributed by atoms with Crippen molar-refractivity contribution in [3.8, 4) is 11.5 Å². The van der Waals surface area contributed by atoms with Gasteiger partial charge in [0.15, 0.2) is 0 Å². The lowest BCUT2D eigenvalue weighted by Gasteiger charge is -2.58. The fraction of sp³-hybridized carbons (Fsp3) is 0.704. The molecule has 1 aromatic rings. The van der Waals surface area contributed by atoms with E-state index in [4.69, 9.17) is 9.47 Å². The zero-order chi connectivity index (χ0) is 22.9. The standard InChI is InChI=1S/C27H42O4/c1-19-8-13-23-25(2,3)14-7-15-27(23,5)24(19)22(28)18-26(4,29)16-17-31-21-11-9-20(30-6)10-12-21/h8-12,22-24,28-29H,7,13-18H2,1-6H3/t22-,23-,24+,26-,27-/m0/s1. The maximum absolute atomic E-state index is 11.4. The Morgan fingerprint density at radius 1 is 1.13 bits per heavy atom. The summed E-state index contributed by atoms with van der Waals surface area (Å²) >= 11 is 0. The second-order valence-corrected chi connectivity index (χ2v) is 11.1. The molecule has 2 N–H and O–H groups in total. The molecule has 0 spiro atoms. The zero-order valence-electron chi connectivity index (χ0n) is 20.3. The molecular weight excluding hydrogens is 388 g/mol. The van der Waals surface area contributed by atoms with Crippen LogP contribution in [0.2, 0.25) is 0 Å². The van der Waals surface area contributed by atoms with E-state index in [0.29, 0.717) is 25.4 Å². The maximum Gasteiger partial charge on any atom is 0.119 e. The fourth-order valence-electron chi connectivity index (χ4n) is 6.55. The van der Waals surface area contributed by atoms with Crippen LogP contribution in [-0.4, -0.2) is 35.6 Å². The highest BCUT2D eigenvalue weighted by Crippen LogP contribution is 2.60. The summed E-state index contributed by atoms with van der Waals surface area (Å²) in [6.07, 6.45) is 7.32. The molecule has 0 radical (unpaired) electrons. The fourth-order valence-corrected chi connectivity index (χ4v) is 6.55. The van der Waals surface area contributed by atoms with Gasteiger partial charge in [-0.3, -0.25) is 0 Å². The van der Waals surface area contributed by atoms with Crippen molar-refractivity contribution >= 4 is 0 Å². The normalized spacial score (nSPS) is 30.5. The number of hydrogen-bond donors (Lipinski definition) is 2. The Bertz CT molecular complexity index is 764. The monoisotopic (exact) mass is 430 g/mol. The number of allylic oxidation sites excluding steroid dienone is 1. The largest absolute Gasteiger partial charge is 0.497 e. The second-order valence-electron chi connectivity index (χ2n) is 11.1. The number of methoxy groups -OCH3 is 1. The summed E-state index contributed by atoms with van der Waals surface area (Å²) in [7, 11) is 1.64. The number of hydrogen-bond acceptors (Lipinski definition) is 4. The summed E-state index contributed by atoms with van der Waals surface area (Å²) in [4.78, 5) is 0. The lowest BCUT2D eigenvalue weighted by atomic mass is 9.47. The number of aliphatic hydroxyl groups excluding tert-OH is 1. The van der Waals surface area contributed by atoms with Gasteiger partial charge in [-0.1, -0.05) is 38.8 Å². The van der Waals surface area contributed by atoms with E-state index >= 15 is 0 Å².